The summed E-state index contributed by atoms with van der Waals surface area (Å²) < 4.78 is 6.08. The lowest BCUT2D eigenvalue weighted by Gasteiger charge is -2.27. The van der Waals surface area contributed by atoms with Gasteiger partial charge in [-0.1, -0.05) is 40.0 Å². The maximum Gasteiger partial charge on any atom is 0.0722 e. The Hall–Kier alpha value is -0.0800. The van der Waals surface area contributed by atoms with Gasteiger partial charge in [0.05, 0.1) is 6.10 Å². The van der Waals surface area contributed by atoms with Gasteiger partial charge in [-0.05, 0) is 31.2 Å². The minimum Gasteiger partial charge on any atom is -0.376 e. The van der Waals surface area contributed by atoms with Crippen molar-refractivity contribution in [2.75, 3.05) is 19.7 Å². The fourth-order valence-corrected chi connectivity index (χ4v) is 2.39. The zero-order valence-corrected chi connectivity index (χ0v) is 11.3. The smallest absolute Gasteiger partial charge is 0.0722 e. The molecule has 0 aromatic heterocycles. The lowest BCUT2D eigenvalue weighted by Crippen LogP contribution is -2.34. The molecule has 1 fully saturated rings. The molecule has 0 aromatic rings. The Kier molecular flexibility index (Phi) is 7.06. The summed E-state index contributed by atoms with van der Waals surface area (Å²) in [6, 6.07) is 0. The van der Waals surface area contributed by atoms with E-state index in [4.69, 9.17) is 4.74 Å². The van der Waals surface area contributed by atoms with Crippen LogP contribution >= 0.6 is 0 Å². The molecule has 0 heterocycles. The van der Waals surface area contributed by atoms with Crippen molar-refractivity contribution in [1.82, 2.24) is 5.32 Å². The molecular formula is C14H29NO. The van der Waals surface area contributed by atoms with Gasteiger partial charge in [-0.2, -0.15) is 0 Å². The van der Waals surface area contributed by atoms with Gasteiger partial charge in [0, 0.05) is 13.2 Å². The molecule has 1 saturated carbocycles. The van der Waals surface area contributed by atoms with Crippen LogP contribution in [0.4, 0.5) is 0 Å². The third-order valence-corrected chi connectivity index (χ3v) is 3.61. The highest BCUT2D eigenvalue weighted by atomic mass is 16.5. The molecule has 0 bridgehead atoms. The van der Waals surface area contributed by atoms with E-state index in [1.165, 1.54) is 32.1 Å². The summed E-state index contributed by atoms with van der Waals surface area (Å²) in [6.07, 6.45) is 7.41. The minimum absolute atomic E-state index is 0.391. The van der Waals surface area contributed by atoms with E-state index in [9.17, 15) is 0 Å². The van der Waals surface area contributed by atoms with Gasteiger partial charge in [0.15, 0.2) is 0 Å². The van der Waals surface area contributed by atoms with Crippen LogP contribution < -0.4 is 5.32 Å². The second kappa shape index (κ2) is 8.08. The average Bonchev–Trinajstić information content (AvgIpc) is 2.30. The molecular weight excluding hydrogens is 198 g/mol. The number of hydrogen-bond donors (Lipinski definition) is 1. The van der Waals surface area contributed by atoms with Crippen molar-refractivity contribution in [2.24, 2.45) is 11.8 Å². The first-order valence-electron chi connectivity index (χ1n) is 7.06. The van der Waals surface area contributed by atoms with Crippen LogP contribution in [0.3, 0.4) is 0 Å². The minimum atomic E-state index is 0.391. The Bertz CT molecular complexity index is 164. The molecule has 0 saturated heterocycles. The maximum atomic E-state index is 6.08. The molecule has 1 rings (SSSR count). The van der Waals surface area contributed by atoms with Crippen LogP contribution in [0.15, 0.2) is 0 Å². The summed E-state index contributed by atoms with van der Waals surface area (Å²) in [6.45, 7) is 9.68. The quantitative estimate of drug-likeness (QED) is 0.721. The van der Waals surface area contributed by atoms with Crippen LogP contribution in [0.2, 0.25) is 0 Å². The molecule has 0 amide bonds. The number of likely N-dealkylation sites (N-methyl/N-ethyl adjacent to an activating group) is 1. The predicted octanol–water partition coefficient (Wildman–Crippen LogP) is 3.22. The van der Waals surface area contributed by atoms with Crippen LogP contribution in [0.25, 0.3) is 0 Å². The molecule has 1 N–H and O–H groups in total. The lowest BCUT2D eigenvalue weighted by molar-refractivity contribution is -0.00338. The Morgan fingerprint density at radius 3 is 2.44 bits per heavy atom. The molecule has 96 valence electrons. The molecule has 1 unspecified atom stereocenters. The largest absolute Gasteiger partial charge is 0.376 e. The van der Waals surface area contributed by atoms with Crippen molar-refractivity contribution in [3.05, 3.63) is 0 Å². The normalized spacial score (nSPS) is 20.2. The molecule has 1 aliphatic rings. The second-order valence-corrected chi connectivity index (χ2v) is 5.43. The monoisotopic (exact) mass is 227 g/mol. The number of nitrogens with one attached hydrogen (secondary N) is 1. The third-order valence-electron chi connectivity index (χ3n) is 3.61. The van der Waals surface area contributed by atoms with Crippen LogP contribution in [-0.2, 0) is 4.74 Å². The summed E-state index contributed by atoms with van der Waals surface area (Å²) in [5.41, 5.74) is 0. The van der Waals surface area contributed by atoms with Crippen LogP contribution in [0.1, 0.15) is 52.9 Å². The maximum absolute atomic E-state index is 6.08. The van der Waals surface area contributed by atoms with Gasteiger partial charge in [0.2, 0.25) is 0 Å². The van der Waals surface area contributed by atoms with Crippen LogP contribution in [0, 0.1) is 11.8 Å². The number of ether oxygens (including phenoxy) is 1. The van der Waals surface area contributed by atoms with Crippen molar-refractivity contribution in [2.45, 2.75) is 59.0 Å². The summed E-state index contributed by atoms with van der Waals surface area (Å²) in [5.74, 6) is 1.44. The Morgan fingerprint density at radius 1 is 1.19 bits per heavy atom. The predicted molar refractivity (Wildman–Crippen MR) is 69.7 cm³/mol. The van der Waals surface area contributed by atoms with Crippen LogP contribution in [-0.4, -0.2) is 25.8 Å². The Morgan fingerprint density at radius 2 is 1.88 bits per heavy atom. The highest BCUT2D eigenvalue weighted by Gasteiger charge is 2.18. The highest BCUT2D eigenvalue weighted by molar-refractivity contribution is 4.69. The molecule has 2 heteroatoms. The standard InChI is InChI=1S/C14H29NO/c1-4-15-10-14(12(2)3)16-11-13-8-6-5-7-9-13/h12-15H,4-11H2,1-3H3. The van der Waals surface area contributed by atoms with Crippen molar-refractivity contribution in [1.29, 1.82) is 0 Å². The fourth-order valence-electron chi connectivity index (χ4n) is 2.39. The first-order valence-corrected chi connectivity index (χ1v) is 7.06. The fraction of sp³-hybridized carbons (Fsp3) is 1.00. The van der Waals surface area contributed by atoms with E-state index in [1.807, 2.05) is 0 Å². The van der Waals surface area contributed by atoms with E-state index >= 15 is 0 Å². The molecule has 1 atom stereocenters. The first-order chi connectivity index (χ1) is 7.74. The van der Waals surface area contributed by atoms with E-state index in [1.54, 1.807) is 0 Å². The summed E-state index contributed by atoms with van der Waals surface area (Å²) in [7, 11) is 0. The van der Waals surface area contributed by atoms with Crippen LogP contribution in [0.5, 0.6) is 0 Å². The van der Waals surface area contributed by atoms with E-state index in [2.05, 4.69) is 26.1 Å². The molecule has 0 aliphatic heterocycles. The zero-order chi connectivity index (χ0) is 11.8. The average molecular weight is 227 g/mol. The van der Waals surface area contributed by atoms with E-state index in [-0.39, 0.29) is 0 Å². The molecule has 2 nitrogen and oxygen atoms in total. The van der Waals surface area contributed by atoms with Gasteiger partial charge in [-0.15, -0.1) is 0 Å². The summed E-state index contributed by atoms with van der Waals surface area (Å²) >= 11 is 0. The highest BCUT2D eigenvalue weighted by Crippen LogP contribution is 2.24. The van der Waals surface area contributed by atoms with E-state index in [0.717, 1.165) is 25.6 Å². The molecule has 0 radical (unpaired) electrons. The van der Waals surface area contributed by atoms with Gasteiger partial charge in [0.1, 0.15) is 0 Å². The first kappa shape index (κ1) is 14.0. The SMILES string of the molecule is CCNCC(OCC1CCCCC1)C(C)C. The summed E-state index contributed by atoms with van der Waals surface area (Å²) in [4.78, 5) is 0. The van der Waals surface area contributed by atoms with Gasteiger partial charge < -0.3 is 10.1 Å². The van der Waals surface area contributed by atoms with Crippen molar-refractivity contribution in [3.8, 4) is 0 Å². The topological polar surface area (TPSA) is 21.3 Å². The molecule has 0 spiro atoms. The molecule has 0 aromatic carbocycles. The second-order valence-electron chi connectivity index (χ2n) is 5.43. The molecule has 1 aliphatic carbocycles. The molecule has 16 heavy (non-hydrogen) atoms. The summed E-state index contributed by atoms with van der Waals surface area (Å²) in [5, 5.41) is 3.39. The van der Waals surface area contributed by atoms with E-state index < -0.39 is 0 Å². The lowest BCUT2D eigenvalue weighted by atomic mass is 9.90. The van der Waals surface area contributed by atoms with Crippen molar-refractivity contribution in [3.63, 3.8) is 0 Å². The third kappa shape index (κ3) is 5.31. The number of rotatable bonds is 7. The van der Waals surface area contributed by atoms with Gasteiger partial charge in [0.25, 0.3) is 0 Å². The van der Waals surface area contributed by atoms with Crippen molar-refractivity contribution < 1.29 is 4.74 Å². The van der Waals surface area contributed by atoms with E-state index in [0.29, 0.717) is 12.0 Å². The Balaban J connectivity index is 2.19. The number of hydrogen-bond acceptors (Lipinski definition) is 2. The van der Waals surface area contributed by atoms with Gasteiger partial charge in [-0.25, -0.2) is 0 Å². The van der Waals surface area contributed by atoms with Gasteiger partial charge >= 0.3 is 0 Å². The Labute approximate surface area is 101 Å². The zero-order valence-electron chi connectivity index (χ0n) is 11.3. The van der Waals surface area contributed by atoms with Gasteiger partial charge in [-0.3, -0.25) is 0 Å². The van der Waals surface area contributed by atoms with Crippen molar-refractivity contribution >= 4 is 0 Å².